The maximum absolute atomic E-state index is 4.47. The highest BCUT2D eigenvalue weighted by molar-refractivity contribution is 5.81. The average molecular weight is 266 g/mol. The molecule has 2 heterocycles. The molecule has 4 nitrogen and oxygen atoms in total. The van der Waals surface area contributed by atoms with Crippen LogP contribution in [-0.2, 0) is 20.0 Å². The summed E-state index contributed by atoms with van der Waals surface area (Å²) in [5.74, 6) is 0. The van der Waals surface area contributed by atoms with Crippen molar-refractivity contribution in [2.24, 2.45) is 7.05 Å². The Kier molecular flexibility index (Phi) is 3.74. The van der Waals surface area contributed by atoms with Gasteiger partial charge in [-0.15, -0.1) is 0 Å². The Labute approximate surface area is 118 Å². The zero-order valence-electron chi connectivity index (χ0n) is 11.6. The molecular formula is C16H18N4. The summed E-state index contributed by atoms with van der Waals surface area (Å²) in [5.41, 5.74) is 3.59. The van der Waals surface area contributed by atoms with Gasteiger partial charge in [0.1, 0.15) is 0 Å². The molecule has 0 amide bonds. The Balaban J connectivity index is 1.60. The summed E-state index contributed by atoms with van der Waals surface area (Å²) in [6.45, 7) is 1.78. The number of nitrogens with one attached hydrogen (secondary N) is 1. The molecule has 102 valence electrons. The largest absolute Gasteiger partial charge is 0.312 e. The lowest BCUT2D eigenvalue weighted by Gasteiger charge is -2.07. The average Bonchev–Trinajstić information content (AvgIpc) is 2.89. The minimum absolute atomic E-state index is 0.842. The summed E-state index contributed by atoms with van der Waals surface area (Å²) in [4.78, 5) is 4.47. The van der Waals surface area contributed by atoms with E-state index in [2.05, 4.69) is 45.9 Å². The van der Waals surface area contributed by atoms with Crippen molar-refractivity contribution in [3.63, 3.8) is 0 Å². The summed E-state index contributed by atoms with van der Waals surface area (Å²) >= 11 is 0. The molecular weight excluding hydrogens is 248 g/mol. The monoisotopic (exact) mass is 266 g/mol. The number of aromatic nitrogens is 3. The van der Waals surface area contributed by atoms with Crippen molar-refractivity contribution < 1.29 is 0 Å². The van der Waals surface area contributed by atoms with Crippen LogP contribution in [0.1, 0.15) is 11.1 Å². The lowest BCUT2D eigenvalue weighted by molar-refractivity contribution is 0.688. The molecule has 0 bridgehead atoms. The molecule has 0 saturated carbocycles. The van der Waals surface area contributed by atoms with Crippen LogP contribution in [0.15, 0.2) is 48.9 Å². The number of aryl methyl sites for hydroxylation is 1. The first-order valence-corrected chi connectivity index (χ1v) is 6.84. The smallest absolute Gasteiger partial charge is 0.0746 e. The van der Waals surface area contributed by atoms with Crippen molar-refractivity contribution in [3.05, 3.63) is 60.0 Å². The molecule has 3 aromatic rings. The number of benzene rings is 1. The minimum atomic E-state index is 0.842. The molecule has 0 aliphatic rings. The Bertz CT molecular complexity index is 697. The molecule has 0 atom stereocenters. The minimum Gasteiger partial charge on any atom is -0.312 e. The van der Waals surface area contributed by atoms with Gasteiger partial charge in [-0.1, -0.05) is 24.3 Å². The lowest BCUT2D eigenvalue weighted by atomic mass is 10.1. The summed E-state index contributed by atoms with van der Waals surface area (Å²) in [6, 6.07) is 10.4. The summed E-state index contributed by atoms with van der Waals surface area (Å²) in [5, 5.41) is 8.84. The van der Waals surface area contributed by atoms with E-state index in [1.165, 1.54) is 16.5 Å². The van der Waals surface area contributed by atoms with Crippen LogP contribution >= 0.6 is 0 Å². The fourth-order valence-electron chi connectivity index (χ4n) is 2.37. The molecule has 0 aliphatic carbocycles. The molecule has 0 unspecified atom stereocenters. The van der Waals surface area contributed by atoms with E-state index in [9.17, 15) is 0 Å². The SMILES string of the molecule is Cn1cc(CCNCc2cccc3cccnc23)cn1. The van der Waals surface area contributed by atoms with Gasteiger partial charge in [-0.05, 0) is 30.2 Å². The Hall–Kier alpha value is -2.20. The maximum atomic E-state index is 4.47. The lowest BCUT2D eigenvalue weighted by Crippen LogP contribution is -2.16. The van der Waals surface area contributed by atoms with Crippen molar-refractivity contribution in [1.82, 2.24) is 20.1 Å². The number of rotatable bonds is 5. The normalized spacial score (nSPS) is 11.1. The van der Waals surface area contributed by atoms with E-state index in [0.717, 1.165) is 25.0 Å². The van der Waals surface area contributed by atoms with Crippen molar-refractivity contribution >= 4 is 10.9 Å². The number of nitrogens with zero attached hydrogens (tertiary/aromatic N) is 3. The molecule has 2 aromatic heterocycles. The van der Waals surface area contributed by atoms with E-state index in [1.54, 1.807) is 0 Å². The van der Waals surface area contributed by atoms with E-state index in [1.807, 2.05) is 30.2 Å². The van der Waals surface area contributed by atoms with E-state index >= 15 is 0 Å². The van der Waals surface area contributed by atoms with Gasteiger partial charge in [-0.3, -0.25) is 9.67 Å². The predicted octanol–water partition coefficient (Wildman–Crippen LogP) is 2.30. The third kappa shape index (κ3) is 2.86. The van der Waals surface area contributed by atoms with Crippen LogP contribution in [0.4, 0.5) is 0 Å². The highest BCUT2D eigenvalue weighted by atomic mass is 15.2. The quantitative estimate of drug-likeness (QED) is 0.721. The maximum Gasteiger partial charge on any atom is 0.0746 e. The van der Waals surface area contributed by atoms with Crippen LogP contribution in [0.5, 0.6) is 0 Å². The van der Waals surface area contributed by atoms with Gasteiger partial charge in [0.15, 0.2) is 0 Å². The van der Waals surface area contributed by atoms with Gasteiger partial charge < -0.3 is 5.32 Å². The number of pyridine rings is 1. The van der Waals surface area contributed by atoms with Crippen LogP contribution in [-0.4, -0.2) is 21.3 Å². The summed E-state index contributed by atoms with van der Waals surface area (Å²) in [7, 11) is 1.94. The van der Waals surface area contributed by atoms with Crippen molar-refractivity contribution in [2.75, 3.05) is 6.54 Å². The third-order valence-electron chi connectivity index (χ3n) is 3.38. The van der Waals surface area contributed by atoms with Crippen molar-refractivity contribution in [1.29, 1.82) is 0 Å². The molecule has 0 fully saturated rings. The zero-order chi connectivity index (χ0) is 13.8. The van der Waals surface area contributed by atoms with E-state index in [4.69, 9.17) is 0 Å². The van der Waals surface area contributed by atoms with Gasteiger partial charge in [0.25, 0.3) is 0 Å². The molecule has 0 aliphatic heterocycles. The van der Waals surface area contributed by atoms with Crippen LogP contribution in [0.25, 0.3) is 10.9 Å². The second-order valence-corrected chi connectivity index (χ2v) is 4.94. The molecule has 1 N–H and O–H groups in total. The molecule has 4 heteroatoms. The first-order chi connectivity index (χ1) is 9.83. The molecule has 0 radical (unpaired) electrons. The highest BCUT2D eigenvalue weighted by Gasteiger charge is 2.01. The van der Waals surface area contributed by atoms with Crippen LogP contribution < -0.4 is 5.32 Å². The topological polar surface area (TPSA) is 42.7 Å². The number of hydrogen-bond donors (Lipinski definition) is 1. The van der Waals surface area contributed by atoms with Gasteiger partial charge in [0.2, 0.25) is 0 Å². The van der Waals surface area contributed by atoms with Gasteiger partial charge in [-0.2, -0.15) is 5.10 Å². The predicted molar refractivity (Wildman–Crippen MR) is 80.4 cm³/mol. The van der Waals surface area contributed by atoms with Crippen molar-refractivity contribution in [3.8, 4) is 0 Å². The van der Waals surface area contributed by atoms with Gasteiger partial charge in [0.05, 0.1) is 11.7 Å². The number of fused-ring (bicyclic) bond motifs is 1. The van der Waals surface area contributed by atoms with Gasteiger partial charge in [0, 0.05) is 31.4 Å². The Morgan fingerprint density at radius 2 is 2.10 bits per heavy atom. The van der Waals surface area contributed by atoms with Gasteiger partial charge in [-0.25, -0.2) is 0 Å². The van der Waals surface area contributed by atoms with Gasteiger partial charge >= 0.3 is 0 Å². The third-order valence-corrected chi connectivity index (χ3v) is 3.38. The first-order valence-electron chi connectivity index (χ1n) is 6.84. The first kappa shape index (κ1) is 12.8. The highest BCUT2D eigenvalue weighted by Crippen LogP contribution is 2.15. The standard InChI is InChI=1S/C16H18N4/c1-20-12-13(10-19-20)7-9-17-11-15-5-2-4-14-6-3-8-18-16(14)15/h2-6,8,10,12,17H,7,9,11H2,1H3. The fraction of sp³-hybridized carbons (Fsp3) is 0.250. The molecule has 20 heavy (non-hydrogen) atoms. The Morgan fingerprint density at radius 3 is 2.95 bits per heavy atom. The molecule has 0 saturated heterocycles. The second-order valence-electron chi connectivity index (χ2n) is 4.94. The molecule has 0 spiro atoms. The molecule has 1 aromatic carbocycles. The van der Waals surface area contributed by atoms with E-state index in [-0.39, 0.29) is 0 Å². The van der Waals surface area contributed by atoms with Crippen LogP contribution in [0.3, 0.4) is 0 Å². The summed E-state index contributed by atoms with van der Waals surface area (Å²) < 4.78 is 1.84. The molecule has 3 rings (SSSR count). The van der Waals surface area contributed by atoms with E-state index < -0.39 is 0 Å². The fourth-order valence-corrected chi connectivity index (χ4v) is 2.37. The van der Waals surface area contributed by atoms with Crippen molar-refractivity contribution in [2.45, 2.75) is 13.0 Å². The Morgan fingerprint density at radius 1 is 1.20 bits per heavy atom. The van der Waals surface area contributed by atoms with Crippen LogP contribution in [0, 0.1) is 0 Å². The summed E-state index contributed by atoms with van der Waals surface area (Å²) in [6.07, 6.45) is 6.82. The van der Waals surface area contributed by atoms with E-state index in [0.29, 0.717) is 0 Å². The zero-order valence-corrected chi connectivity index (χ0v) is 11.6. The number of para-hydroxylation sites is 1. The van der Waals surface area contributed by atoms with Crippen LogP contribution in [0.2, 0.25) is 0 Å². The number of hydrogen-bond acceptors (Lipinski definition) is 3. The second kappa shape index (κ2) is 5.84.